The van der Waals surface area contributed by atoms with Crippen LogP contribution in [0.15, 0.2) is 30.5 Å². The van der Waals surface area contributed by atoms with Gasteiger partial charge in [0.15, 0.2) is 5.82 Å². The van der Waals surface area contributed by atoms with Crippen LogP contribution in [0.5, 0.6) is 0 Å². The topological polar surface area (TPSA) is 73.4 Å². The van der Waals surface area contributed by atoms with Gasteiger partial charge < -0.3 is 20.4 Å². The van der Waals surface area contributed by atoms with Gasteiger partial charge >= 0.3 is 0 Å². The predicted octanol–water partition coefficient (Wildman–Crippen LogP) is 3.44. The van der Waals surface area contributed by atoms with Crippen LogP contribution in [-0.2, 0) is 0 Å². The Morgan fingerprint density at radius 3 is 2.85 bits per heavy atom. The predicted molar refractivity (Wildman–Crippen MR) is 130 cm³/mol. The molecule has 1 aliphatic heterocycles. The van der Waals surface area contributed by atoms with Crippen molar-refractivity contribution in [1.29, 1.82) is 0 Å². The number of hydrogen-bond acceptors (Lipinski definition) is 7. The van der Waals surface area contributed by atoms with Gasteiger partial charge in [-0.15, -0.1) is 11.3 Å². The highest BCUT2D eigenvalue weighted by molar-refractivity contribution is 7.22. The van der Waals surface area contributed by atoms with Crippen molar-refractivity contribution in [3.05, 3.63) is 41.8 Å². The number of thiophene rings is 1. The molecule has 3 aromatic rings. The van der Waals surface area contributed by atoms with E-state index in [2.05, 4.69) is 37.4 Å². The van der Waals surface area contributed by atoms with Gasteiger partial charge in [-0.1, -0.05) is 6.07 Å². The summed E-state index contributed by atoms with van der Waals surface area (Å²) < 4.78 is 15.6. The molecule has 174 valence electrons. The summed E-state index contributed by atoms with van der Waals surface area (Å²) in [5, 5.41) is 7.10. The van der Waals surface area contributed by atoms with Crippen molar-refractivity contribution < 1.29 is 9.18 Å². The zero-order valence-electron chi connectivity index (χ0n) is 18.8. The summed E-state index contributed by atoms with van der Waals surface area (Å²) in [6.45, 7) is 6.17. The second kappa shape index (κ2) is 9.70. The minimum Gasteiger partial charge on any atom is -0.354 e. The number of carbonyl (C=O) groups is 1. The molecule has 0 bridgehead atoms. The van der Waals surface area contributed by atoms with Gasteiger partial charge in [-0.05, 0) is 51.1 Å². The molecule has 0 unspecified atom stereocenters. The summed E-state index contributed by atoms with van der Waals surface area (Å²) in [5.74, 6) is -0.110. The molecule has 1 saturated carbocycles. The van der Waals surface area contributed by atoms with Gasteiger partial charge in [0.05, 0.1) is 11.1 Å². The van der Waals surface area contributed by atoms with Crippen molar-refractivity contribution in [3.63, 3.8) is 0 Å². The summed E-state index contributed by atoms with van der Waals surface area (Å²) in [4.78, 5) is 26.7. The maximum absolute atomic E-state index is 14.6. The Labute approximate surface area is 197 Å². The number of halogens is 1. The molecule has 1 saturated heterocycles. The molecular formula is C24H29FN6OS. The summed E-state index contributed by atoms with van der Waals surface area (Å²) >= 11 is 1.44. The Morgan fingerprint density at radius 1 is 1.24 bits per heavy atom. The molecule has 2 N–H and O–H groups in total. The third-order valence-electron chi connectivity index (χ3n) is 6.23. The van der Waals surface area contributed by atoms with Gasteiger partial charge in [0.25, 0.3) is 5.91 Å². The lowest BCUT2D eigenvalue weighted by molar-refractivity contribution is 0.0953. The number of nitrogens with zero attached hydrogens (tertiary/aromatic N) is 4. The highest BCUT2D eigenvalue weighted by Gasteiger charge is 2.25. The van der Waals surface area contributed by atoms with Gasteiger partial charge in [0.1, 0.15) is 5.69 Å². The summed E-state index contributed by atoms with van der Waals surface area (Å²) in [6.07, 6.45) is 4.26. The average Bonchev–Trinajstić information content (AvgIpc) is 3.52. The second-order valence-electron chi connectivity index (χ2n) is 8.89. The fraction of sp³-hybridized carbons (Fsp3) is 0.458. The molecule has 1 amide bonds. The van der Waals surface area contributed by atoms with E-state index in [4.69, 9.17) is 0 Å². The Bertz CT molecular complexity index is 1140. The number of anilines is 1. The van der Waals surface area contributed by atoms with Crippen molar-refractivity contribution in [3.8, 4) is 10.6 Å². The Kier molecular flexibility index (Phi) is 6.52. The van der Waals surface area contributed by atoms with Gasteiger partial charge in [-0.2, -0.15) is 0 Å². The fourth-order valence-electron chi connectivity index (χ4n) is 4.07. The van der Waals surface area contributed by atoms with E-state index in [1.165, 1.54) is 17.5 Å². The Balaban J connectivity index is 1.27. The van der Waals surface area contributed by atoms with E-state index in [0.29, 0.717) is 16.4 Å². The number of benzene rings is 1. The van der Waals surface area contributed by atoms with Crippen molar-refractivity contribution >= 4 is 33.3 Å². The fourth-order valence-corrected chi connectivity index (χ4v) is 5.14. The van der Waals surface area contributed by atoms with E-state index in [0.717, 1.165) is 68.6 Å². The van der Waals surface area contributed by atoms with E-state index in [1.54, 1.807) is 0 Å². The number of hydrogen-bond donors (Lipinski definition) is 2. The van der Waals surface area contributed by atoms with E-state index in [9.17, 15) is 9.18 Å². The molecule has 3 heterocycles. The van der Waals surface area contributed by atoms with Crippen molar-refractivity contribution in [1.82, 2.24) is 25.1 Å². The van der Waals surface area contributed by atoms with Gasteiger partial charge in [-0.25, -0.2) is 14.4 Å². The van der Waals surface area contributed by atoms with E-state index >= 15 is 0 Å². The molecule has 0 radical (unpaired) electrons. The van der Waals surface area contributed by atoms with Crippen LogP contribution < -0.4 is 10.6 Å². The lowest BCUT2D eigenvalue weighted by Gasteiger charge is -2.32. The van der Waals surface area contributed by atoms with Crippen LogP contribution >= 0.6 is 11.3 Å². The Morgan fingerprint density at radius 2 is 2.06 bits per heavy atom. The lowest BCUT2D eigenvalue weighted by Crippen LogP contribution is -2.44. The number of likely N-dealkylation sites (N-methyl/N-ethyl adjacent to an activating group) is 1. The molecule has 0 atom stereocenters. The third kappa shape index (κ3) is 5.31. The zero-order valence-corrected chi connectivity index (χ0v) is 19.6. The van der Waals surface area contributed by atoms with Gasteiger partial charge in [0.2, 0.25) is 5.95 Å². The van der Waals surface area contributed by atoms with Crippen LogP contribution in [0, 0.1) is 5.82 Å². The van der Waals surface area contributed by atoms with Crippen LogP contribution in [0.4, 0.5) is 10.3 Å². The largest absolute Gasteiger partial charge is 0.354 e. The monoisotopic (exact) mass is 468 g/mol. The van der Waals surface area contributed by atoms with Gasteiger partial charge in [-0.3, -0.25) is 4.79 Å². The first-order chi connectivity index (χ1) is 16.1. The maximum Gasteiger partial charge on any atom is 0.252 e. The molecule has 2 aromatic heterocycles. The van der Waals surface area contributed by atoms with Crippen LogP contribution in [0.1, 0.15) is 29.6 Å². The summed E-state index contributed by atoms with van der Waals surface area (Å²) in [6, 6.07) is 7.79. The number of amides is 1. The number of fused-ring (bicyclic) bond motifs is 1. The second-order valence-corrected chi connectivity index (χ2v) is 9.97. The van der Waals surface area contributed by atoms with Crippen molar-refractivity contribution in [2.24, 2.45) is 0 Å². The van der Waals surface area contributed by atoms with E-state index in [-0.39, 0.29) is 17.6 Å². The van der Waals surface area contributed by atoms with Crippen LogP contribution in [0.25, 0.3) is 20.7 Å². The molecule has 33 heavy (non-hydrogen) atoms. The zero-order chi connectivity index (χ0) is 22.8. The molecule has 1 aromatic carbocycles. The first-order valence-corrected chi connectivity index (χ1v) is 12.4. The summed E-state index contributed by atoms with van der Waals surface area (Å²) in [7, 11) is 2.16. The number of aromatic nitrogens is 2. The average molecular weight is 469 g/mol. The first-order valence-electron chi connectivity index (χ1n) is 11.6. The number of rotatable bonds is 8. The van der Waals surface area contributed by atoms with E-state index in [1.807, 2.05) is 24.3 Å². The minimum atomic E-state index is -0.464. The SMILES string of the molecule is CN1CCN(CCCNc2ncc(F)c(-c3cc4c(C(=O)NC5CC5)cccc4s3)n2)CC1. The number of carbonyl (C=O) groups excluding carboxylic acids is 1. The molecule has 0 spiro atoms. The molecule has 1 aliphatic carbocycles. The molecule has 2 aliphatic rings. The standard InChI is InChI=1S/C24H29FN6OS/c1-30-10-12-31(13-11-30)9-3-8-26-24-27-15-19(25)22(29-24)21-14-18-17(4-2-5-20(18)33-21)23(32)28-16-6-7-16/h2,4-5,14-16H,3,6-13H2,1H3,(H,28,32)(H,26,27,29). The van der Waals surface area contributed by atoms with E-state index < -0.39 is 5.82 Å². The molecular weight excluding hydrogens is 439 g/mol. The smallest absolute Gasteiger partial charge is 0.252 e. The van der Waals surface area contributed by atoms with Crippen LogP contribution in [0.3, 0.4) is 0 Å². The highest BCUT2D eigenvalue weighted by Crippen LogP contribution is 2.36. The molecule has 7 nitrogen and oxygen atoms in total. The lowest BCUT2D eigenvalue weighted by atomic mass is 10.1. The Hall–Kier alpha value is -2.62. The minimum absolute atomic E-state index is 0.0710. The third-order valence-corrected chi connectivity index (χ3v) is 7.33. The summed E-state index contributed by atoms with van der Waals surface area (Å²) in [5.41, 5.74) is 0.889. The normalized spacial score (nSPS) is 17.4. The first kappa shape index (κ1) is 22.2. The van der Waals surface area contributed by atoms with Gasteiger partial charge in [0, 0.05) is 54.4 Å². The number of piperazine rings is 1. The van der Waals surface area contributed by atoms with Crippen LogP contribution in [0.2, 0.25) is 0 Å². The highest BCUT2D eigenvalue weighted by atomic mass is 32.1. The quantitative estimate of drug-likeness (QED) is 0.494. The molecule has 9 heteroatoms. The number of nitrogens with one attached hydrogen (secondary N) is 2. The molecule has 5 rings (SSSR count). The maximum atomic E-state index is 14.6. The van der Waals surface area contributed by atoms with Crippen LogP contribution in [-0.4, -0.2) is 78.0 Å². The molecule has 2 fully saturated rings. The van der Waals surface area contributed by atoms with Crippen molar-refractivity contribution in [2.45, 2.75) is 25.3 Å². The van der Waals surface area contributed by atoms with Crippen molar-refractivity contribution in [2.75, 3.05) is 51.6 Å².